The van der Waals surface area contributed by atoms with Crippen LogP contribution in [0.25, 0.3) is 0 Å². The third kappa shape index (κ3) is 3.40. The maximum Gasteiger partial charge on any atom is 0.274 e. The number of carbonyl (C=O) groups is 2. The van der Waals surface area contributed by atoms with E-state index in [0.717, 1.165) is 0 Å². The van der Waals surface area contributed by atoms with Gasteiger partial charge < -0.3 is 5.73 Å². The number of rotatable bonds is 4. The Morgan fingerprint density at radius 3 is 2.88 bits per heavy atom. The molecule has 0 aliphatic rings. The molecule has 0 unspecified atom stereocenters. The highest BCUT2D eigenvalue weighted by Crippen LogP contribution is 2.03. The molecular formula is C10H9N3O3. The standard InChI is InChI=1S/C10H9N3O3/c11-5-7-2-1-3-8(4-7)10(15)13-16-6-9(12)14/h1-4H,6H2,(H2,12,14)(H,13,15). The average Bonchev–Trinajstić information content (AvgIpc) is 2.28. The minimum absolute atomic E-state index is 0.267. The Morgan fingerprint density at radius 1 is 1.50 bits per heavy atom. The summed E-state index contributed by atoms with van der Waals surface area (Å²) < 4.78 is 0. The number of nitriles is 1. The van der Waals surface area contributed by atoms with Crippen molar-refractivity contribution in [3.8, 4) is 6.07 Å². The molecule has 0 aromatic heterocycles. The number of benzene rings is 1. The summed E-state index contributed by atoms with van der Waals surface area (Å²) in [5.41, 5.74) is 7.47. The number of nitrogens with one attached hydrogen (secondary N) is 1. The van der Waals surface area contributed by atoms with Gasteiger partial charge in [-0.15, -0.1) is 0 Å². The number of carbonyl (C=O) groups excluding carboxylic acids is 2. The first-order chi connectivity index (χ1) is 7.63. The molecule has 0 atom stereocenters. The van der Waals surface area contributed by atoms with Crippen LogP contribution >= 0.6 is 0 Å². The van der Waals surface area contributed by atoms with Gasteiger partial charge in [0.05, 0.1) is 11.6 Å². The SMILES string of the molecule is N#Cc1cccc(C(=O)NOCC(N)=O)c1. The zero-order chi connectivity index (χ0) is 12.0. The Morgan fingerprint density at radius 2 is 2.25 bits per heavy atom. The molecule has 0 aliphatic heterocycles. The number of hydroxylamine groups is 1. The molecule has 3 N–H and O–H groups in total. The van der Waals surface area contributed by atoms with E-state index in [-0.39, 0.29) is 5.56 Å². The normalized spacial score (nSPS) is 9.19. The second-order valence-corrected chi connectivity index (χ2v) is 2.88. The van der Waals surface area contributed by atoms with Gasteiger partial charge in [0.1, 0.15) is 0 Å². The van der Waals surface area contributed by atoms with Gasteiger partial charge in [0, 0.05) is 5.56 Å². The molecule has 0 aliphatic carbocycles. The molecule has 0 spiro atoms. The molecule has 0 saturated heterocycles. The number of nitrogens with two attached hydrogens (primary N) is 1. The van der Waals surface area contributed by atoms with Gasteiger partial charge >= 0.3 is 0 Å². The highest BCUT2D eigenvalue weighted by atomic mass is 16.7. The van der Waals surface area contributed by atoms with Crippen molar-refractivity contribution in [3.05, 3.63) is 35.4 Å². The lowest BCUT2D eigenvalue weighted by Gasteiger charge is -2.03. The summed E-state index contributed by atoms with van der Waals surface area (Å²) >= 11 is 0. The van der Waals surface area contributed by atoms with Crippen LogP contribution in [0.1, 0.15) is 15.9 Å². The number of primary amides is 1. The minimum atomic E-state index is -0.689. The average molecular weight is 219 g/mol. The predicted molar refractivity (Wildman–Crippen MR) is 53.8 cm³/mol. The van der Waals surface area contributed by atoms with Crippen LogP contribution < -0.4 is 11.2 Å². The summed E-state index contributed by atoms with van der Waals surface area (Å²) in [4.78, 5) is 26.2. The fourth-order valence-corrected chi connectivity index (χ4v) is 0.962. The zero-order valence-electron chi connectivity index (χ0n) is 8.27. The topological polar surface area (TPSA) is 105 Å². The van der Waals surface area contributed by atoms with Gasteiger partial charge in [-0.3, -0.25) is 14.4 Å². The van der Waals surface area contributed by atoms with Gasteiger partial charge in [0.15, 0.2) is 6.61 Å². The van der Waals surface area contributed by atoms with Crippen LogP contribution in [-0.2, 0) is 9.63 Å². The van der Waals surface area contributed by atoms with Crippen molar-refractivity contribution in [2.24, 2.45) is 5.73 Å². The Bertz CT molecular complexity index is 451. The molecule has 6 nitrogen and oxygen atoms in total. The molecule has 16 heavy (non-hydrogen) atoms. The van der Waals surface area contributed by atoms with Crippen LogP contribution in [0.3, 0.4) is 0 Å². The predicted octanol–water partition coefficient (Wildman–Crippen LogP) is -0.295. The largest absolute Gasteiger partial charge is 0.368 e. The second kappa shape index (κ2) is 5.48. The molecule has 0 heterocycles. The Kier molecular flexibility index (Phi) is 4.00. The molecule has 0 fully saturated rings. The van der Waals surface area contributed by atoms with E-state index in [1.165, 1.54) is 12.1 Å². The molecule has 2 amide bonds. The lowest BCUT2D eigenvalue weighted by atomic mass is 10.1. The van der Waals surface area contributed by atoms with E-state index in [0.29, 0.717) is 5.56 Å². The summed E-state index contributed by atoms with van der Waals surface area (Å²) in [6, 6.07) is 7.97. The van der Waals surface area contributed by atoms with Crippen molar-refractivity contribution in [2.45, 2.75) is 0 Å². The van der Waals surface area contributed by atoms with Crippen LogP contribution in [0, 0.1) is 11.3 Å². The smallest absolute Gasteiger partial charge is 0.274 e. The fraction of sp³-hybridized carbons (Fsp3) is 0.100. The van der Waals surface area contributed by atoms with E-state index in [4.69, 9.17) is 11.0 Å². The first-order valence-electron chi connectivity index (χ1n) is 4.34. The van der Waals surface area contributed by atoms with E-state index in [9.17, 15) is 9.59 Å². The van der Waals surface area contributed by atoms with Crippen molar-refractivity contribution in [2.75, 3.05) is 6.61 Å². The van der Waals surface area contributed by atoms with Crippen molar-refractivity contribution in [1.29, 1.82) is 5.26 Å². The number of nitrogens with zero attached hydrogens (tertiary/aromatic N) is 1. The lowest BCUT2D eigenvalue weighted by Crippen LogP contribution is -2.29. The van der Waals surface area contributed by atoms with Gasteiger partial charge in [0.2, 0.25) is 5.91 Å². The molecule has 0 saturated carbocycles. The van der Waals surface area contributed by atoms with E-state index in [1.807, 2.05) is 11.5 Å². The summed E-state index contributed by atoms with van der Waals surface area (Å²) in [7, 11) is 0. The molecular weight excluding hydrogens is 210 g/mol. The molecule has 82 valence electrons. The van der Waals surface area contributed by atoms with E-state index >= 15 is 0 Å². The Balaban J connectivity index is 2.59. The van der Waals surface area contributed by atoms with Crippen molar-refractivity contribution in [3.63, 3.8) is 0 Å². The third-order valence-electron chi connectivity index (χ3n) is 1.63. The molecule has 1 rings (SSSR count). The molecule has 0 bridgehead atoms. The number of amides is 2. The lowest BCUT2D eigenvalue weighted by molar-refractivity contribution is -0.124. The highest BCUT2D eigenvalue weighted by Gasteiger charge is 2.06. The minimum Gasteiger partial charge on any atom is -0.368 e. The molecule has 1 aromatic carbocycles. The molecule has 6 heteroatoms. The Labute approximate surface area is 91.6 Å². The maximum absolute atomic E-state index is 11.4. The molecule has 1 aromatic rings. The van der Waals surface area contributed by atoms with Crippen molar-refractivity contribution in [1.82, 2.24) is 5.48 Å². The van der Waals surface area contributed by atoms with Crippen LogP contribution in [-0.4, -0.2) is 18.4 Å². The quantitative estimate of drug-likeness (QED) is 0.678. The van der Waals surface area contributed by atoms with E-state index < -0.39 is 18.4 Å². The first-order valence-corrected chi connectivity index (χ1v) is 4.34. The van der Waals surface area contributed by atoms with Gasteiger partial charge in [-0.2, -0.15) is 5.26 Å². The third-order valence-corrected chi connectivity index (χ3v) is 1.63. The van der Waals surface area contributed by atoms with Gasteiger partial charge in [-0.1, -0.05) is 6.07 Å². The van der Waals surface area contributed by atoms with E-state index in [2.05, 4.69) is 4.84 Å². The summed E-state index contributed by atoms with van der Waals surface area (Å²) in [5.74, 6) is -1.23. The maximum atomic E-state index is 11.4. The molecule has 0 radical (unpaired) electrons. The van der Waals surface area contributed by atoms with E-state index in [1.54, 1.807) is 12.1 Å². The summed E-state index contributed by atoms with van der Waals surface area (Å²) in [5, 5.41) is 8.62. The van der Waals surface area contributed by atoms with Crippen molar-refractivity contribution >= 4 is 11.8 Å². The monoisotopic (exact) mass is 219 g/mol. The number of hydrogen-bond acceptors (Lipinski definition) is 4. The van der Waals surface area contributed by atoms with Crippen molar-refractivity contribution < 1.29 is 14.4 Å². The van der Waals surface area contributed by atoms with Crippen LogP contribution in [0.5, 0.6) is 0 Å². The van der Waals surface area contributed by atoms with Gasteiger partial charge in [-0.25, -0.2) is 5.48 Å². The van der Waals surface area contributed by atoms with Gasteiger partial charge in [-0.05, 0) is 18.2 Å². The summed E-state index contributed by atoms with van der Waals surface area (Å²) in [6.07, 6.45) is 0. The van der Waals surface area contributed by atoms with Crippen LogP contribution in [0.4, 0.5) is 0 Å². The zero-order valence-corrected chi connectivity index (χ0v) is 8.27. The first kappa shape index (κ1) is 11.7. The highest BCUT2D eigenvalue weighted by molar-refractivity contribution is 5.93. The number of hydrogen-bond donors (Lipinski definition) is 2. The summed E-state index contributed by atoms with van der Waals surface area (Å²) in [6.45, 7) is -0.399. The second-order valence-electron chi connectivity index (χ2n) is 2.88. The fourth-order valence-electron chi connectivity index (χ4n) is 0.962. The van der Waals surface area contributed by atoms with Gasteiger partial charge in [0.25, 0.3) is 5.91 Å². The van der Waals surface area contributed by atoms with Crippen LogP contribution in [0.2, 0.25) is 0 Å². The van der Waals surface area contributed by atoms with Crippen LogP contribution in [0.15, 0.2) is 24.3 Å². The Hall–Kier alpha value is -2.39.